The minimum Gasteiger partial charge on any atom is -0.343 e. The molecule has 1 unspecified atom stereocenters. The number of allylic oxidation sites excluding steroid dienone is 2. The topological polar surface area (TPSA) is 22.0 Å². The lowest BCUT2D eigenvalue weighted by Gasteiger charge is -2.10. The number of fused-ring (bicyclic) bond motifs is 1. The third-order valence-electron chi connectivity index (χ3n) is 3.99. The highest BCUT2D eigenvalue weighted by molar-refractivity contribution is 5.67. The predicted octanol–water partition coefficient (Wildman–Crippen LogP) is 2.89. The van der Waals surface area contributed by atoms with Gasteiger partial charge in [0.1, 0.15) is 6.29 Å². The van der Waals surface area contributed by atoms with Crippen LogP contribution in [-0.4, -0.2) is 10.9 Å². The van der Waals surface area contributed by atoms with Crippen molar-refractivity contribution in [2.75, 3.05) is 0 Å². The number of benzene rings is 1. The standard InChI is InChI=1S/C19H16F3NO/c20-19(21,22)17-7-3-5-14(10-17)12-23-9-8-16-6-2-1-4-15(13-24)11-18(16)23/h1,3-11,13,15H,2,12H2/b4-1-,16-6?,18-11?. The van der Waals surface area contributed by atoms with E-state index in [-0.39, 0.29) is 5.92 Å². The number of carbonyl (C=O) groups is 1. The maximum Gasteiger partial charge on any atom is 0.416 e. The third kappa shape index (κ3) is 3.50. The van der Waals surface area contributed by atoms with Crippen LogP contribution < -0.4 is 10.6 Å². The van der Waals surface area contributed by atoms with E-state index in [4.69, 9.17) is 0 Å². The summed E-state index contributed by atoms with van der Waals surface area (Å²) in [4.78, 5) is 11.2. The fraction of sp³-hybridized carbons (Fsp3) is 0.211. The molecular weight excluding hydrogens is 315 g/mol. The molecule has 0 radical (unpaired) electrons. The Balaban J connectivity index is 2.01. The van der Waals surface area contributed by atoms with Gasteiger partial charge in [-0.25, -0.2) is 0 Å². The quantitative estimate of drug-likeness (QED) is 0.626. The first kappa shape index (κ1) is 16.3. The first-order valence-corrected chi connectivity index (χ1v) is 7.62. The van der Waals surface area contributed by atoms with Crippen molar-refractivity contribution in [1.29, 1.82) is 0 Å². The summed E-state index contributed by atoms with van der Waals surface area (Å²) in [6.45, 7) is 0.318. The van der Waals surface area contributed by atoms with Crippen molar-refractivity contribution in [3.8, 4) is 0 Å². The van der Waals surface area contributed by atoms with Gasteiger partial charge in [0.05, 0.1) is 11.5 Å². The van der Waals surface area contributed by atoms with E-state index in [1.807, 2.05) is 41.1 Å². The van der Waals surface area contributed by atoms with Crippen molar-refractivity contribution in [3.63, 3.8) is 0 Å². The van der Waals surface area contributed by atoms with Crippen molar-refractivity contribution in [1.82, 2.24) is 4.57 Å². The zero-order valence-corrected chi connectivity index (χ0v) is 12.8. The Labute approximate surface area is 137 Å². The molecule has 0 bridgehead atoms. The van der Waals surface area contributed by atoms with E-state index in [2.05, 4.69) is 0 Å². The minimum atomic E-state index is -4.35. The van der Waals surface area contributed by atoms with Gasteiger partial charge in [-0.3, -0.25) is 0 Å². The van der Waals surface area contributed by atoms with Gasteiger partial charge in [0, 0.05) is 18.1 Å². The highest BCUT2D eigenvalue weighted by Gasteiger charge is 2.30. The van der Waals surface area contributed by atoms with Gasteiger partial charge in [0.15, 0.2) is 0 Å². The fourth-order valence-electron chi connectivity index (χ4n) is 2.80. The average molecular weight is 331 g/mol. The van der Waals surface area contributed by atoms with Crippen molar-refractivity contribution in [2.24, 2.45) is 5.92 Å². The van der Waals surface area contributed by atoms with Crippen molar-refractivity contribution < 1.29 is 18.0 Å². The summed E-state index contributed by atoms with van der Waals surface area (Å²) in [7, 11) is 0. The lowest BCUT2D eigenvalue weighted by molar-refractivity contribution is -0.137. The van der Waals surface area contributed by atoms with Crippen LogP contribution in [0.2, 0.25) is 0 Å². The summed E-state index contributed by atoms with van der Waals surface area (Å²) in [5.41, 5.74) is -0.0869. The molecule has 5 heteroatoms. The van der Waals surface area contributed by atoms with E-state index < -0.39 is 11.7 Å². The second-order valence-corrected chi connectivity index (χ2v) is 5.73. The molecule has 1 aromatic heterocycles. The van der Waals surface area contributed by atoms with Crippen LogP contribution in [0.3, 0.4) is 0 Å². The third-order valence-corrected chi connectivity index (χ3v) is 3.99. The zero-order chi connectivity index (χ0) is 17.2. The summed E-state index contributed by atoms with van der Waals surface area (Å²) < 4.78 is 40.4. The van der Waals surface area contributed by atoms with Crippen molar-refractivity contribution in [2.45, 2.75) is 19.1 Å². The van der Waals surface area contributed by atoms with E-state index in [0.29, 0.717) is 12.1 Å². The molecule has 124 valence electrons. The lowest BCUT2D eigenvalue weighted by Crippen LogP contribution is -2.31. The Hall–Kier alpha value is -2.56. The maximum atomic E-state index is 12.9. The molecule has 3 rings (SSSR count). The number of nitrogens with zero attached hydrogens (tertiary/aromatic N) is 1. The highest BCUT2D eigenvalue weighted by Crippen LogP contribution is 2.29. The number of aldehydes is 1. The summed E-state index contributed by atoms with van der Waals surface area (Å²) in [5, 5.41) is 1.84. The molecule has 1 aromatic carbocycles. The van der Waals surface area contributed by atoms with Crippen molar-refractivity contribution in [3.05, 3.63) is 70.4 Å². The number of halogens is 3. The van der Waals surface area contributed by atoms with Crippen LogP contribution >= 0.6 is 0 Å². The SMILES string of the molecule is O=CC1C=c2c(ccn2Cc2cccc(C(F)(F)F)c2)=CC/C=C\1. The molecule has 0 amide bonds. The zero-order valence-electron chi connectivity index (χ0n) is 12.8. The van der Waals surface area contributed by atoms with Crippen LogP contribution in [-0.2, 0) is 17.5 Å². The average Bonchev–Trinajstić information content (AvgIpc) is 2.87. The molecule has 0 saturated carbocycles. The molecule has 1 aliphatic carbocycles. The maximum absolute atomic E-state index is 12.9. The normalized spacial score (nSPS) is 18.5. The molecule has 0 spiro atoms. The largest absolute Gasteiger partial charge is 0.416 e. The molecule has 0 N–H and O–H groups in total. The van der Waals surface area contributed by atoms with Crippen LogP contribution in [0.4, 0.5) is 13.2 Å². The second-order valence-electron chi connectivity index (χ2n) is 5.73. The molecular formula is C19H16F3NO. The molecule has 1 aliphatic rings. The predicted molar refractivity (Wildman–Crippen MR) is 86.5 cm³/mol. The summed E-state index contributed by atoms with van der Waals surface area (Å²) >= 11 is 0. The van der Waals surface area contributed by atoms with E-state index in [0.717, 1.165) is 35.4 Å². The fourth-order valence-corrected chi connectivity index (χ4v) is 2.80. The van der Waals surface area contributed by atoms with Gasteiger partial charge in [0.2, 0.25) is 0 Å². The number of rotatable bonds is 3. The van der Waals surface area contributed by atoms with Gasteiger partial charge in [-0.2, -0.15) is 13.2 Å². The van der Waals surface area contributed by atoms with Gasteiger partial charge >= 0.3 is 6.18 Å². The Bertz CT molecular complexity index is 890. The summed E-state index contributed by atoms with van der Waals surface area (Å²) in [5.74, 6) is -0.326. The van der Waals surface area contributed by atoms with Crippen LogP contribution in [0.25, 0.3) is 12.2 Å². The Morgan fingerprint density at radius 2 is 2.08 bits per heavy atom. The van der Waals surface area contributed by atoms with Crippen molar-refractivity contribution >= 4 is 18.4 Å². The van der Waals surface area contributed by atoms with Gasteiger partial charge < -0.3 is 9.36 Å². The first-order valence-electron chi connectivity index (χ1n) is 7.62. The molecule has 2 aromatic rings. The van der Waals surface area contributed by atoms with Gasteiger partial charge in [-0.15, -0.1) is 0 Å². The number of hydrogen-bond acceptors (Lipinski definition) is 1. The molecule has 1 atom stereocenters. The Morgan fingerprint density at radius 1 is 1.25 bits per heavy atom. The van der Waals surface area contributed by atoms with E-state index in [1.54, 1.807) is 6.07 Å². The molecule has 1 heterocycles. The van der Waals surface area contributed by atoms with Crippen LogP contribution in [0.5, 0.6) is 0 Å². The number of aromatic nitrogens is 1. The number of carbonyl (C=O) groups excluding carboxylic acids is 1. The first-order chi connectivity index (χ1) is 11.5. The number of alkyl halides is 3. The molecule has 2 nitrogen and oxygen atoms in total. The summed E-state index contributed by atoms with van der Waals surface area (Å²) in [6, 6.07) is 7.23. The monoisotopic (exact) mass is 331 g/mol. The van der Waals surface area contributed by atoms with E-state index in [9.17, 15) is 18.0 Å². The molecule has 0 saturated heterocycles. The Kier molecular flexibility index (Phi) is 4.42. The smallest absolute Gasteiger partial charge is 0.343 e. The van der Waals surface area contributed by atoms with Gasteiger partial charge in [0.25, 0.3) is 0 Å². The van der Waals surface area contributed by atoms with E-state index >= 15 is 0 Å². The summed E-state index contributed by atoms with van der Waals surface area (Å²) in [6.07, 6.45) is 6.69. The molecule has 0 fully saturated rings. The van der Waals surface area contributed by atoms with Gasteiger partial charge in [-0.1, -0.05) is 30.4 Å². The highest BCUT2D eigenvalue weighted by atomic mass is 19.4. The van der Waals surface area contributed by atoms with E-state index in [1.165, 1.54) is 6.07 Å². The molecule has 0 aliphatic heterocycles. The molecule has 24 heavy (non-hydrogen) atoms. The minimum absolute atomic E-state index is 0.318. The van der Waals surface area contributed by atoms with Crippen LogP contribution in [0.15, 0.2) is 48.7 Å². The van der Waals surface area contributed by atoms with Gasteiger partial charge in [-0.05, 0) is 41.5 Å². The lowest BCUT2D eigenvalue weighted by atomic mass is 10.1. The van der Waals surface area contributed by atoms with Crippen LogP contribution in [0.1, 0.15) is 17.5 Å². The second kappa shape index (κ2) is 6.51. The Morgan fingerprint density at radius 3 is 2.83 bits per heavy atom. The van der Waals surface area contributed by atoms with Crippen LogP contribution in [0, 0.1) is 5.92 Å². The number of hydrogen-bond donors (Lipinski definition) is 0.